The third-order valence-electron chi connectivity index (χ3n) is 3.07. The zero-order valence-electron chi connectivity index (χ0n) is 14.0. The van der Waals surface area contributed by atoms with Gasteiger partial charge >= 0.3 is 23.9 Å². The highest BCUT2D eigenvalue weighted by atomic mass is 32.2. The van der Waals surface area contributed by atoms with Gasteiger partial charge in [0.25, 0.3) is 0 Å². The Labute approximate surface area is 143 Å². The van der Waals surface area contributed by atoms with Crippen molar-refractivity contribution in [3.05, 3.63) is 0 Å². The molecule has 0 saturated carbocycles. The average Bonchev–Trinajstić information content (AvgIpc) is 2.48. The van der Waals surface area contributed by atoms with Crippen LogP contribution in [-0.2, 0) is 42.9 Å². The summed E-state index contributed by atoms with van der Waals surface area (Å²) in [5.74, 6) is -2.87. The molecular weight excluding hydrogens is 344 g/mol. The van der Waals surface area contributed by atoms with Gasteiger partial charge in [-0.05, 0) is 6.26 Å². The van der Waals surface area contributed by atoms with Gasteiger partial charge in [-0.2, -0.15) is 0 Å². The molecule has 1 aliphatic rings. The normalized spacial score (nSPS) is 29.3. The molecule has 0 aliphatic carbocycles. The molecule has 0 aromatic carbocycles. The zero-order valence-corrected chi connectivity index (χ0v) is 14.8. The molecule has 0 N–H and O–H groups in total. The lowest BCUT2D eigenvalue weighted by molar-refractivity contribution is -0.235. The number of methoxy groups -OCH3 is 1. The molecular formula is C14H20O9S. The predicted molar refractivity (Wildman–Crippen MR) is 80.9 cm³/mol. The van der Waals surface area contributed by atoms with E-state index in [9.17, 15) is 19.2 Å². The van der Waals surface area contributed by atoms with Crippen LogP contribution < -0.4 is 0 Å². The Kier molecular flexibility index (Phi) is 7.49. The summed E-state index contributed by atoms with van der Waals surface area (Å²) in [6, 6.07) is 0. The summed E-state index contributed by atoms with van der Waals surface area (Å²) in [5, 5.41) is 0. The maximum atomic E-state index is 12.0. The lowest BCUT2D eigenvalue weighted by atomic mass is 9.99. The van der Waals surface area contributed by atoms with E-state index in [0.29, 0.717) is 0 Å². The van der Waals surface area contributed by atoms with Gasteiger partial charge in [-0.1, -0.05) is 0 Å². The Hall–Kier alpha value is -1.81. The van der Waals surface area contributed by atoms with Crippen molar-refractivity contribution < 1.29 is 42.9 Å². The molecule has 24 heavy (non-hydrogen) atoms. The van der Waals surface area contributed by atoms with Crippen LogP contribution in [-0.4, -0.2) is 67.1 Å². The van der Waals surface area contributed by atoms with E-state index in [1.54, 1.807) is 6.26 Å². The smallest absolute Gasteiger partial charge is 0.339 e. The molecule has 1 saturated heterocycles. The predicted octanol–water partition coefficient (Wildman–Crippen LogP) is 0.0424. The average molecular weight is 364 g/mol. The first-order valence-corrected chi connectivity index (χ1v) is 8.27. The van der Waals surface area contributed by atoms with Gasteiger partial charge < -0.3 is 23.7 Å². The second kappa shape index (κ2) is 8.88. The van der Waals surface area contributed by atoms with Crippen molar-refractivity contribution >= 4 is 35.6 Å². The van der Waals surface area contributed by atoms with Crippen molar-refractivity contribution in [3.8, 4) is 0 Å². The first-order chi connectivity index (χ1) is 11.2. The van der Waals surface area contributed by atoms with E-state index in [1.165, 1.54) is 6.92 Å². The summed E-state index contributed by atoms with van der Waals surface area (Å²) in [7, 11) is 1.14. The third-order valence-corrected chi connectivity index (χ3v) is 3.91. The van der Waals surface area contributed by atoms with Gasteiger partial charge in [0, 0.05) is 20.8 Å². The molecule has 5 atom stereocenters. The number of hydrogen-bond donors (Lipinski definition) is 0. The molecule has 0 bridgehead atoms. The SMILES string of the molecule is COC(=O)[C@@H]1O[C@H](SC)[C@H](OC(C)=O)[C@@H](OC(C)=O)[C@H]1OC(C)=O. The Bertz CT molecular complexity index is 506. The Morgan fingerprint density at radius 3 is 1.71 bits per heavy atom. The molecule has 136 valence electrons. The molecule has 1 fully saturated rings. The second-order valence-corrected chi connectivity index (χ2v) is 5.84. The van der Waals surface area contributed by atoms with Gasteiger partial charge in [0.05, 0.1) is 7.11 Å². The molecule has 0 aromatic rings. The molecule has 1 heterocycles. The highest BCUT2D eigenvalue weighted by Crippen LogP contribution is 2.33. The van der Waals surface area contributed by atoms with Crippen LogP contribution in [0.5, 0.6) is 0 Å². The van der Waals surface area contributed by atoms with Gasteiger partial charge in [0.15, 0.2) is 24.4 Å². The number of rotatable bonds is 5. The standard InChI is InChI=1S/C14H20O9S/c1-6(15)20-9-10(21-7(2)16)12(22-8(3)17)14(24-5)23-11(9)13(18)19-4/h9-12,14H,1-5H3/t9-,10+,11-,12-,14-/m1/s1. The molecule has 0 radical (unpaired) electrons. The van der Waals surface area contributed by atoms with Crippen LogP contribution in [0, 0.1) is 0 Å². The lowest BCUT2D eigenvalue weighted by Crippen LogP contribution is -2.62. The van der Waals surface area contributed by atoms with Crippen molar-refractivity contribution in [1.82, 2.24) is 0 Å². The fourth-order valence-electron chi connectivity index (χ4n) is 2.27. The van der Waals surface area contributed by atoms with Crippen molar-refractivity contribution in [2.75, 3.05) is 13.4 Å². The van der Waals surface area contributed by atoms with Gasteiger partial charge in [-0.3, -0.25) is 14.4 Å². The van der Waals surface area contributed by atoms with Crippen LogP contribution in [0.2, 0.25) is 0 Å². The first-order valence-electron chi connectivity index (χ1n) is 6.99. The minimum absolute atomic E-state index is 0.641. The molecule has 1 rings (SSSR count). The topological polar surface area (TPSA) is 114 Å². The first kappa shape index (κ1) is 20.2. The Morgan fingerprint density at radius 1 is 0.833 bits per heavy atom. The number of carbonyl (C=O) groups is 4. The molecule has 10 heteroatoms. The summed E-state index contributed by atoms with van der Waals surface area (Å²) in [6.45, 7) is 3.45. The summed E-state index contributed by atoms with van der Waals surface area (Å²) in [4.78, 5) is 46.2. The van der Waals surface area contributed by atoms with Crippen LogP contribution in [0.1, 0.15) is 20.8 Å². The van der Waals surface area contributed by atoms with Crippen molar-refractivity contribution in [3.63, 3.8) is 0 Å². The fourth-order valence-corrected chi connectivity index (χ4v) is 2.98. The van der Waals surface area contributed by atoms with Crippen molar-refractivity contribution in [2.24, 2.45) is 0 Å². The number of esters is 4. The van der Waals surface area contributed by atoms with Crippen LogP contribution in [0.3, 0.4) is 0 Å². The van der Waals surface area contributed by atoms with E-state index in [-0.39, 0.29) is 0 Å². The van der Waals surface area contributed by atoms with Gasteiger partial charge in [-0.15, -0.1) is 11.8 Å². The summed E-state index contributed by atoms with van der Waals surface area (Å²) in [6.07, 6.45) is -3.26. The molecule has 9 nitrogen and oxygen atoms in total. The molecule has 0 amide bonds. The van der Waals surface area contributed by atoms with E-state index < -0.39 is 53.7 Å². The summed E-state index contributed by atoms with van der Waals surface area (Å²) < 4.78 is 25.7. The van der Waals surface area contributed by atoms with Crippen molar-refractivity contribution in [2.45, 2.75) is 50.6 Å². The van der Waals surface area contributed by atoms with Crippen LogP contribution in [0.4, 0.5) is 0 Å². The third kappa shape index (κ3) is 5.10. The quantitative estimate of drug-likeness (QED) is 0.489. The monoisotopic (exact) mass is 364 g/mol. The highest BCUT2D eigenvalue weighted by molar-refractivity contribution is 7.99. The minimum Gasteiger partial charge on any atom is -0.467 e. The number of thioether (sulfide) groups is 1. The van der Waals surface area contributed by atoms with Crippen molar-refractivity contribution in [1.29, 1.82) is 0 Å². The van der Waals surface area contributed by atoms with E-state index in [2.05, 4.69) is 4.74 Å². The van der Waals surface area contributed by atoms with E-state index in [0.717, 1.165) is 32.7 Å². The number of carbonyl (C=O) groups excluding carboxylic acids is 4. The van der Waals surface area contributed by atoms with Crippen LogP contribution in [0.15, 0.2) is 0 Å². The van der Waals surface area contributed by atoms with E-state index in [1.807, 2.05) is 0 Å². The molecule has 0 aromatic heterocycles. The molecule has 0 spiro atoms. The summed E-state index contributed by atoms with van der Waals surface area (Å²) in [5.41, 5.74) is -0.825. The van der Waals surface area contributed by atoms with Gasteiger partial charge in [-0.25, -0.2) is 4.79 Å². The second-order valence-electron chi connectivity index (χ2n) is 4.91. The van der Waals surface area contributed by atoms with Gasteiger partial charge in [0.1, 0.15) is 5.44 Å². The minimum atomic E-state index is -1.33. The maximum Gasteiger partial charge on any atom is 0.339 e. The highest BCUT2D eigenvalue weighted by Gasteiger charge is 2.54. The van der Waals surface area contributed by atoms with Crippen LogP contribution >= 0.6 is 11.8 Å². The molecule has 1 aliphatic heterocycles. The fraction of sp³-hybridized carbons (Fsp3) is 0.714. The molecule has 0 unspecified atom stereocenters. The number of ether oxygens (including phenoxy) is 5. The van der Waals surface area contributed by atoms with Gasteiger partial charge in [0.2, 0.25) is 0 Å². The van der Waals surface area contributed by atoms with E-state index >= 15 is 0 Å². The Balaban J connectivity index is 3.28. The largest absolute Gasteiger partial charge is 0.467 e. The van der Waals surface area contributed by atoms with E-state index in [4.69, 9.17) is 18.9 Å². The zero-order chi connectivity index (χ0) is 18.4. The lowest BCUT2D eigenvalue weighted by Gasteiger charge is -2.42. The maximum absolute atomic E-state index is 12.0. The number of hydrogen-bond acceptors (Lipinski definition) is 10. The summed E-state index contributed by atoms with van der Waals surface area (Å²) >= 11 is 1.14. The Morgan fingerprint density at radius 2 is 1.29 bits per heavy atom. The van der Waals surface area contributed by atoms with Crippen LogP contribution in [0.25, 0.3) is 0 Å².